The van der Waals surface area contributed by atoms with Crippen LogP contribution < -0.4 is 11.1 Å². The number of benzene rings is 2. The summed E-state index contributed by atoms with van der Waals surface area (Å²) in [4.78, 5) is 12.5. The molecule has 1 aliphatic carbocycles. The van der Waals surface area contributed by atoms with E-state index in [1.165, 1.54) is 11.6 Å². The van der Waals surface area contributed by atoms with E-state index in [1.54, 1.807) is 18.2 Å². The molecule has 2 atom stereocenters. The van der Waals surface area contributed by atoms with Gasteiger partial charge in [0, 0.05) is 11.6 Å². The Bertz CT molecular complexity index is 750. The van der Waals surface area contributed by atoms with Crippen molar-refractivity contribution in [3.63, 3.8) is 0 Å². The van der Waals surface area contributed by atoms with Crippen LogP contribution in [0.4, 0.5) is 10.1 Å². The van der Waals surface area contributed by atoms with Crippen LogP contribution in [0, 0.1) is 11.7 Å². The van der Waals surface area contributed by atoms with E-state index in [4.69, 9.17) is 5.73 Å². The second kappa shape index (κ2) is 8.34. The molecule has 2 unspecified atom stereocenters. The molecule has 1 amide bonds. The lowest BCUT2D eigenvalue weighted by atomic mass is 9.87. The number of fused-ring (bicyclic) bond motifs is 1. The molecule has 0 radical (unpaired) electrons. The zero-order valence-electron chi connectivity index (χ0n) is 14.3. The molecule has 2 aromatic rings. The molecule has 5 heteroatoms. The van der Waals surface area contributed by atoms with Crippen LogP contribution in [0.15, 0.2) is 42.5 Å². The Hall–Kier alpha value is -2.07. The maximum Gasteiger partial charge on any atom is 0.223 e. The second-order valence-electron chi connectivity index (χ2n) is 6.61. The van der Waals surface area contributed by atoms with Crippen molar-refractivity contribution in [2.75, 3.05) is 5.73 Å². The number of carbonyl (C=O) groups excluding carboxylic acids is 1. The lowest BCUT2D eigenvalue weighted by Gasteiger charge is -2.28. The van der Waals surface area contributed by atoms with Crippen molar-refractivity contribution in [2.45, 2.75) is 38.6 Å². The Morgan fingerprint density at radius 1 is 1.32 bits per heavy atom. The van der Waals surface area contributed by atoms with Crippen LogP contribution in [0.2, 0.25) is 0 Å². The molecule has 134 valence electrons. The van der Waals surface area contributed by atoms with Gasteiger partial charge in [-0.3, -0.25) is 4.79 Å². The number of hydrogen-bond acceptors (Lipinski definition) is 2. The lowest BCUT2D eigenvalue weighted by molar-refractivity contribution is -0.125. The van der Waals surface area contributed by atoms with Crippen molar-refractivity contribution in [1.82, 2.24) is 5.32 Å². The molecule has 0 heterocycles. The maximum absolute atomic E-state index is 13.8. The van der Waals surface area contributed by atoms with Crippen molar-refractivity contribution < 1.29 is 9.18 Å². The Morgan fingerprint density at radius 3 is 2.84 bits per heavy atom. The highest BCUT2D eigenvalue weighted by Crippen LogP contribution is 2.31. The zero-order chi connectivity index (χ0) is 17.1. The fraction of sp³-hybridized carbons (Fsp3) is 0.350. The number of aryl methyl sites for hydroxylation is 1. The molecule has 3 rings (SSSR count). The summed E-state index contributed by atoms with van der Waals surface area (Å²) in [6, 6.07) is 12.5. The predicted octanol–water partition coefficient (Wildman–Crippen LogP) is 4.20. The molecule has 0 aliphatic heterocycles. The Labute approximate surface area is 154 Å². The molecule has 0 aromatic heterocycles. The topological polar surface area (TPSA) is 55.1 Å². The van der Waals surface area contributed by atoms with Gasteiger partial charge in [0.2, 0.25) is 5.91 Å². The van der Waals surface area contributed by atoms with Gasteiger partial charge in [0.15, 0.2) is 0 Å². The van der Waals surface area contributed by atoms with Crippen molar-refractivity contribution >= 4 is 24.0 Å². The molecular weight excluding hydrogens is 339 g/mol. The van der Waals surface area contributed by atoms with Crippen LogP contribution in [-0.4, -0.2) is 5.91 Å². The van der Waals surface area contributed by atoms with Crippen molar-refractivity contribution in [3.05, 3.63) is 65.0 Å². The number of nitrogens with one attached hydrogen (secondary N) is 1. The fourth-order valence-electron chi connectivity index (χ4n) is 3.38. The van der Waals surface area contributed by atoms with Gasteiger partial charge in [0.05, 0.1) is 6.04 Å². The summed E-state index contributed by atoms with van der Waals surface area (Å²) < 4.78 is 13.8. The quantitative estimate of drug-likeness (QED) is 0.801. The van der Waals surface area contributed by atoms with E-state index < -0.39 is 0 Å². The number of nitrogens with two attached hydrogens (primary N) is 1. The smallest absolute Gasteiger partial charge is 0.223 e. The predicted molar refractivity (Wildman–Crippen MR) is 101 cm³/mol. The third-order valence-electron chi connectivity index (χ3n) is 4.73. The maximum atomic E-state index is 13.8. The van der Waals surface area contributed by atoms with Gasteiger partial charge in [0.25, 0.3) is 0 Å². The molecular formula is C20H24ClFN2O. The fourth-order valence-corrected chi connectivity index (χ4v) is 3.38. The molecule has 0 saturated carbocycles. The molecule has 2 aromatic carbocycles. The first-order valence-electron chi connectivity index (χ1n) is 8.46. The number of carbonyl (C=O) groups is 1. The Balaban J connectivity index is 0.00000225. The number of halogens is 2. The van der Waals surface area contributed by atoms with Gasteiger partial charge in [-0.25, -0.2) is 4.39 Å². The largest absolute Gasteiger partial charge is 0.399 e. The molecule has 3 nitrogen and oxygen atoms in total. The number of rotatable bonds is 4. The Morgan fingerprint density at radius 2 is 2.08 bits per heavy atom. The minimum Gasteiger partial charge on any atom is -0.399 e. The van der Waals surface area contributed by atoms with Gasteiger partial charge in [0.1, 0.15) is 5.82 Å². The van der Waals surface area contributed by atoms with Crippen LogP contribution in [-0.2, 0) is 17.6 Å². The van der Waals surface area contributed by atoms with E-state index >= 15 is 0 Å². The number of anilines is 1. The summed E-state index contributed by atoms with van der Waals surface area (Å²) in [6.07, 6.45) is 3.36. The van der Waals surface area contributed by atoms with Gasteiger partial charge < -0.3 is 11.1 Å². The zero-order valence-corrected chi connectivity index (χ0v) is 15.1. The second-order valence-corrected chi connectivity index (χ2v) is 6.61. The molecule has 0 saturated heterocycles. The lowest BCUT2D eigenvalue weighted by Crippen LogP contribution is -2.35. The van der Waals surface area contributed by atoms with Gasteiger partial charge in [-0.1, -0.05) is 31.2 Å². The third kappa shape index (κ3) is 4.51. The van der Waals surface area contributed by atoms with Gasteiger partial charge in [-0.2, -0.15) is 0 Å². The van der Waals surface area contributed by atoms with E-state index in [0.717, 1.165) is 30.5 Å². The van der Waals surface area contributed by atoms with Crippen LogP contribution >= 0.6 is 12.4 Å². The van der Waals surface area contributed by atoms with E-state index in [1.807, 2.05) is 25.1 Å². The van der Waals surface area contributed by atoms with Gasteiger partial charge in [-0.05, 0) is 60.6 Å². The minimum atomic E-state index is -0.277. The number of hydrogen-bond donors (Lipinski definition) is 2. The summed E-state index contributed by atoms with van der Waals surface area (Å²) in [5.74, 6) is -0.565. The summed E-state index contributed by atoms with van der Waals surface area (Å²) >= 11 is 0. The average Bonchev–Trinajstić information content (AvgIpc) is 2.56. The van der Waals surface area contributed by atoms with Crippen LogP contribution in [0.5, 0.6) is 0 Å². The number of amides is 1. The van der Waals surface area contributed by atoms with Crippen LogP contribution in [0.1, 0.15) is 42.5 Å². The van der Waals surface area contributed by atoms with Crippen molar-refractivity contribution in [3.8, 4) is 0 Å². The standard InChI is InChI=1S/C20H23FN2O.ClH/c1-13(11-15-5-2-3-7-18(15)21)20(24)23-19-8-4-6-14-12-16(22)9-10-17(14)19;/h2-3,5,7,9-10,12-13,19H,4,6,8,11,22H2,1H3,(H,23,24);1H. The molecule has 0 fully saturated rings. The highest BCUT2D eigenvalue weighted by molar-refractivity contribution is 5.85. The van der Waals surface area contributed by atoms with Gasteiger partial charge >= 0.3 is 0 Å². The minimum absolute atomic E-state index is 0. The number of nitrogen functional groups attached to an aromatic ring is 1. The highest BCUT2D eigenvalue weighted by Gasteiger charge is 2.24. The Kier molecular flexibility index (Phi) is 6.43. The average molecular weight is 363 g/mol. The molecule has 0 spiro atoms. The summed E-state index contributed by atoms with van der Waals surface area (Å²) in [5, 5.41) is 3.13. The van der Waals surface area contributed by atoms with Crippen LogP contribution in [0.3, 0.4) is 0 Å². The first-order valence-corrected chi connectivity index (χ1v) is 8.46. The van der Waals surface area contributed by atoms with E-state index in [2.05, 4.69) is 5.32 Å². The molecule has 0 bridgehead atoms. The highest BCUT2D eigenvalue weighted by atomic mass is 35.5. The first-order chi connectivity index (χ1) is 11.5. The van der Waals surface area contributed by atoms with E-state index in [-0.39, 0.29) is 36.1 Å². The van der Waals surface area contributed by atoms with Crippen molar-refractivity contribution in [2.24, 2.45) is 5.92 Å². The summed E-state index contributed by atoms with van der Waals surface area (Å²) in [6.45, 7) is 1.84. The first kappa shape index (κ1) is 19.3. The monoisotopic (exact) mass is 362 g/mol. The molecule has 3 N–H and O–H groups in total. The normalized spacial score (nSPS) is 17.1. The van der Waals surface area contributed by atoms with Crippen LogP contribution in [0.25, 0.3) is 0 Å². The van der Waals surface area contributed by atoms with Crippen molar-refractivity contribution in [1.29, 1.82) is 0 Å². The summed E-state index contributed by atoms with van der Waals surface area (Å²) in [5.41, 5.74) is 9.56. The molecule has 1 aliphatic rings. The van der Waals surface area contributed by atoms with E-state index in [9.17, 15) is 9.18 Å². The third-order valence-corrected chi connectivity index (χ3v) is 4.73. The van der Waals surface area contributed by atoms with E-state index in [0.29, 0.717) is 12.0 Å². The summed E-state index contributed by atoms with van der Waals surface area (Å²) in [7, 11) is 0. The SMILES string of the molecule is CC(Cc1ccccc1F)C(=O)NC1CCCc2cc(N)ccc21.Cl. The van der Waals surface area contributed by atoms with Gasteiger partial charge in [-0.15, -0.1) is 12.4 Å². The molecule has 25 heavy (non-hydrogen) atoms.